The fourth-order valence-corrected chi connectivity index (χ4v) is 2.83. The first kappa shape index (κ1) is 22.1. The van der Waals surface area contributed by atoms with Crippen LogP contribution in [0.5, 0.6) is 0 Å². The average molecular weight is 396 g/mol. The molecule has 154 valence electrons. The molecule has 0 saturated carbocycles. The normalized spacial score (nSPS) is 11.6. The Bertz CT molecular complexity index is 882. The zero-order valence-electron chi connectivity index (χ0n) is 17.3. The van der Waals surface area contributed by atoms with Crippen molar-refractivity contribution in [2.45, 2.75) is 33.2 Å². The first-order chi connectivity index (χ1) is 13.8. The molecular weight excluding hydrogens is 368 g/mol. The van der Waals surface area contributed by atoms with E-state index < -0.39 is 6.04 Å². The van der Waals surface area contributed by atoms with Crippen molar-refractivity contribution in [1.82, 2.24) is 4.90 Å². The Morgan fingerprint density at radius 2 is 1.62 bits per heavy atom. The van der Waals surface area contributed by atoms with Gasteiger partial charge in [0.05, 0.1) is 12.6 Å². The molecule has 0 radical (unpaired) electrons. The number of nitrogens with zero attached hydrogens (tertiary/aromatic N) is 1. The topological polar surface area (TPSA) is 90.5 Å². The molecule has 1 unspecified atom stereocenters. The molecular formula is C22H28N4O3. The van der Waals surface area contributed by atoms with Crippen LogP contribution in [0.4, 0.5) is 17.1 Å². The summed E-state index contributed by atoms with van der Waals surface area (Å²) < 4.78 is 0. The van der Waals surface area contributed by atoms with Crippen LogP contribution in [-0.2, 0) is 20.8 Å². The van der Waals surface area contributed by atoms with Crippen LogP contribution < -0.4 is 16.0 Å². The molecule has 0 aliphatic carbocycles. The minimum atomic E-state index is -0.522. The largest absolute Gasteiger partial charge is 0.326 e. The lowest BCUT2D eigenvalue weighted by Crippen LogP contribution is -2.43. The Morgan fingerprint density at radius 3 is 2.28 bits per heavy atom. The Labute approximate surface area is 171 Å². The monoisotopic (exact) mass is 396 g/mol. The second-order valence-electron chi connectivity index (χ2n) is 6.90. The lowest BCUT2D eigenvalue weighted by atomic mass is 10.1. The molecule has 1 atom stereocenters. The summed E-state index contributed by atoms with van der Waals surface area (Å²) in [5, 5.41) is 8.40. The van der Waals surface area contributed by atoms with Gasteiger partial charge in [0.1, 0.15) is 0 Å². The molecule has 0 fully saturated rings. The first-order valence-corrected chi connectivity index (χ1v) is 9.56. The highest BCUT2D eigenvalue weighted by Crippen LogP contribution is 2.17. The van der Waals surface area contributed by atoms with E-state index in [1.807, 2.05) is 31.2 Å². The fourth-order valence-electron chi connectivity index (χ4n) is 2.83. The van der Waals surface area contributed by atoms with Gasteiger partial charge in [0.15, 0.2) is 0 Å². The van der Waals surface area contributed by atoms with Crippen molar-refractivity contribution in [2.75, 3.05) is 29.5 Å². The average Bonchev–Trinajstić information content (AvgIpc) is 2.67. The van der Waals surface area contributed by atoms with Crippen LogP contribution in [0.3, 0.4) is 0 Å². The molecule has 0 aliphatic heterocycles. The summed E-state index contributed by atoms with van der Waals surface area (Å²) >= 11 is 0. The van der Waals surface area contributed by atoms with Gasteiger partial charge >= 0.3 is 0 Å². The number of hydrogen-bond donors (Lipinski definition) is 3. The Morgan fingerprint density at radius 1 is 0.966 bits per heavy atom. The van der Waals surface area contributed by atoms with Gasteiger partial charge < -0.3 is 16.0 Å². The molecule has 3 N–H and O–H groups in total. The van der Waals surface area contributed by atoms with Crippen molar-refractivity contribution in [3.63, 3.8) is 0 Å². The van der Waals surface area contributed by atoms with E-state index in [0.29, 0.717) is 11.4 Å². The van der Waals surface area contributed by atoms with Gasteiger partial charge in [0.2, 0.25) is 17.7 Å². The molecule has 0 bridgehead atoms. The van der Waals surface area contributed by atoms with Gasteiger partial charge in [-0.25, -0.2) is 0 Å². The number of aryl methyl sites for hydroxylation is 1. The lowest BCUT2D eigenvalue weighted by Gasteiger charge is -2.23. The number of carbonyl (C=O) groups is 3. The van der Waals surface area contributed by atoms with Gasteiger partial charge in [-0.2, -0.15) is 0 Å². The molecule has 3 amide bonds. The minimum absolute atomic E-state index is 0.0819. The summed E-state index contributed by atoms with van der Waals surface area (Å²) in [6.45, 7) is 5.27. The van der Waals surface area contributed by atoms with Crippen molar-refractivity contribution >= 4 is 34.8 Å². The van der Waals surface area contributed by atoms with Gasteiger partial charge in [-0.1, -0.05) is 31.2 Å². The Kier molecular flexibility index (Phi) is 7.91. The molecule has 0 heterocycles. The van der Waals surface area contributed by atoms with Crippen LogP contribution in [0.1, 0.15) is 26.3 Å². The summed E-state index contributed by atoms with van der Waals surface area (Å²) in [4.78, 5) is 37.8. The molecule has 2 rings (SSSR count). The van der Waals surface area contributed by atoms with Crippen LogP contribution in [0.15, 0.2) is 48.5 Å². The molecule has 2 aromatic carbocycles. The summed E-state index contributed by atoms with van der Waals surface area (Å²) in [5.74, 6) is -0.604. The van der Waals surface area contributed by atoms with Crippen LogP contribution in [0, 0.1) is 0 Å². The number of hydrogen-bond acceptors (Lipinski definition) is 4. The quantitative estimate of drug-likeness (QED) is 0.639. The van der Waals surface area contributed by atoms with Crippen molar-refractivity contribution in [1.29, 1.82) is 0 Å². The van der Waals surface area contributed by atoms with Crippen LogP contribution >= 0.6 is 0 Å². The van der Waals surface area contributed by atoms with E-state index in [-0.39, 0.29) is 24.3 Å². The highest BCUT2D eigenvalue weighted by atomic mass is 16.2. The highest BCUT2D eigenvalue weighted by Gasteiger charge is 2.20. The highest BCUT2D eigenvalue weighted by molar-refractivity contribution is 5.97. The van der Waals surface area contributed by atoms with E-state index in [1.54, 1.807) is 43.1 Å². The smallest absolute Gasteiger partial charge is 0.241 e. The molecule has 0 spiro atoms. The number of carbonyl (C=O) groups excluding carboxylic acids is 3. The SMILES string of the molecule is CCc1ccccc1NC(=O)CN(C)C(C)C(=O)Nc1cccc(NC(C)=O)c1. The number of anilines is 3. The van der Waals surface area contributed by atoms with Crippen LogP contribution in [-0.4, -0.2) is 42.3 Å². The van der Waals surface area contributed by atoms with Gasteiger partial charge in [0.25, 0.3) is 0 Å². The third kappa shape index (κ3) is 6.73. The van der Waals surface area contributed by atoms with Crippen molar-refractivity contribution < 1.29 is 14.4 Å². The zero-order chi connectivity index (χ0) is 21.4. The van der Waals surface area contributed by atoms with Gasteiger partial charge in [-0.3, -0.25) is 19.3 Å². The number of rotatable bonds is 8. The predicted molar refractivity (Wildman–Crippen MR) is 116 cm³/mol. The Hall–Kier alpha value is -3.19. The van der Waals surface area contributed by atoms with E-state index in [9.17, 15) is 14.4 Å². The maximum atomic E-state index is 12.6. The predicted octanol–water partition coefficient (Wildman–Crippen LogP) is 3.10. The third-order valence-electron chi connectivity index (χ3n) is 4.56. The van der Waals surface area contributed by atoms with Crippen molar-refractivity contribution in [3.8, 4) is 0 Å². The Balaban J connectivity index is 1.93. The summed E-state index contributed by atoms with van der Waals surface area (Å²) in [7, 11) is 1.73. The van der Waals surface area contributed by atoms with Gasteiger partial charge in [0, 0.05) is 24.0 Å². The van der Waals surface area contributed by atoms with E-state index in [4.69, 9.17) is 0 Å². The molecule has 29 heavy (non-hydrogen) atoms. The van der Waals surface area contributed by atoms with Gasteiger partial charge in [-0.05, 0) is 50.2 Å². The van der Waals surface area contributed by atoms with Gasteiger partial charge in [-0.15, -0.1) is 0 Å². The molecule has 2 aromatic rings. The molecule has 0 aromatic heterocycles. The number of nitrogens with one attached hydrogen (secondary N) is 3. The second kappa shape index (κ2) is 10.4. The van der Waals surface area contributed by atoms with Crippen molar-refractivity contribution in [2.24, 2.45) is 0 Å². The molecule has 0 saturated heterocycles. The maximum absolute atomic E-state index is 12.6. The minimum Gasteiger partial charge on any atom is -0.326 e. The van der Waals surface area contributed by atoms with E-state index in [1.165, 1.54) is 6.92 Å². The fraction of sp³-hybridized carbons (Fsp3) is 0.318. The second-order valence-corrected chi connectivity index (χ2v) is 6.90. The summed E-state index contributed by atoms with van der Waals surface area (Å²) in [5.41, 5.74) is 3.03. The first-order valence-electron chi connectivity index (χ1n) is 9.56. The molecule has 0 aliphatic rings. The number of benzene rings is 2. The van der Waals surface area contributed by atoms with E-state index in [0.717, 1.165) is 17.7 Å². The summed E-state index contributed by atoms with van der Waals surface area (Å²) in [6, 6.07) is 14.0. The van der Waals surface area contributed by atoms with E-state index in [2.05, 4.69) is 16.0 Å². The molecule has 7 nitrogen and oxygen atoms in total. The van der Waals surface area contributed by atoms with Crippen molar-refractivity contribution in [3.05, 3.63) is 54.1 Å². The zero-order valence-corrected chi connectivity index (χ0v) is 17.3. The third-order valence-corrected chi connectivity index (χ3v) is 4.56. The summed E-state index contributed by atoms with van der Waals surface area (Å²) in [6.07, 6.45) is 0.822. The molecule has 7 heteroatoms. The maximum Gasteiger partial charge on any atom is 0.241 e. The number of likely N-dealkylation sites (N-methyl/N-ethyl adjacent to an activating group) is 1. The van der Waals surface area contributed by atoms with Crippen LogP contribution in [0.2, 0.25) is 0 Å². The lowest BCUT2D eigenvalue weighted by molar-refractivity contribution is -0.122. The standard InChI is InChI=1S/C22H28N4O3/c1-5-17-9-6-7-12-20(17)25-21(28)14-26(4)15(2)22(29)24-19-11-8-10-18(13-19)23-16(3)27/h6-13,15H,5,14H2,1-4H3,(H,23,27)(H,24,29)(H,25,28). The van der Waals surface area contributed by atoms with Crippen LogP contribution in [0.25, 0.3) is 0 Å². The van der Waals surface area contributed by atoms with E-state index >= 15 is 0 Å². The number of para-hydroxylation sites is 1. The number of amides is 3.